The van der Waals surface area contributed by atoms with Gasteiger partial charge in [-0.2, -0.15) is 0 Å². The second kappa shape index (κ2) is 3.02. The molecular formula is C11H14FN. The summed E-state index contributed by atoms with van der Waals surface area (Å²) in [5.41, 5.74) is 3.28. The largest absolute Gasteiger partial charge is 0.382 e. The highest BCUT2D eigenvalue weighted by molar-refractivity contribution is 5.59. The van der Waals surface area contributed by atoms with Gasteiger partial charge in [-0.3, -0.25) is 0 Å². The Hall–Kier alpha value is -1.05. The van der Waals surface area contributed by atoms with Crippen molar-refractivity contribution >= 4 is 5.69 Å². The van der Waals surface area contributed by atoms with Crippen molar-refractivity contribution in [1.29, 1.82) is 0 Å². The average Bonchev–Trinajstić information content (AvgIpc) is 2.06. The van der Waals surface area contributed by atoms with Gasteiger partial charge in [-0.05, 0) is 49.9 Å². The summed E-state index contributed by atoms with van der Waals surface area (Å²) in [6.07, 6.45) is 2.08. The Bertz CT molecular complexity index is 333. The van der Waals surface area contributed by atoms with Gasteiger partial charge in [-0.25, -0.2) is 4.39 Å². The SMILES string of the molecule is Cc1cc(F)cc2c1NC(C)CC2. The van der Waals surface area contributed by atoms with Crippen molar-refractivity contribution < 1.29 is 4.39 Å². The summed E-state index contributed by atoms with van der Waals surface area (Å²) in [7, 11) is 0. The summed E-state index contributed by atoms with van der Waals surface area (Å²) < 4.78 is 13.0. The lowest BCUT2D eigenvalue weighted by Crippen LogP contribution is -2.22. The van der Waals surface area contributed by atoms with Crippen LogP contribution in [-0.2, 0) is 6.42 Å². The van der Waals surface area contributed by atoms with Crippen LogP contribution in [0.1, 0.15) is 24.5 Å². The minimum atomic E-state index is -0.118. The maximum absolute atomic E-state index is 13.0. The topological polar surface area (TPSA) is 12.0 Å². The molecule has 0 aromatic heterocycles. The van der Waals surface area contributed by atoms with Crippen LogP contribution in [0.25, 0.3) is 0 Å². The molecule has 0 saturated heterocycles. The van der Waals surface area contributed by atoms with E-state index in [4.69, 9.17) is 0 Å². The summed E-state index contributed by atoms with van der Waals surface area (Å²) in [4.78, 5) is 0. The van der Waals surface area contributed by atoms with Crippen molar-refractivity contribution in [2.24, 2.45) is 0 Å². The fourth-order valence-electron chi connectivity index (χ4n) is 1.91. The maximum atomic E-state index is 13.0. The minimum absolute atomic E-state index is 0.118. The fourth-order valence-corrected chi connectivity index (χ4v) is 1.91. The van der Waals surface area contributed by atoms with Crippen molar-refractivity contribution in [3.05, 3.63) is 29.1 Å². The molecule has 0 amide bonds. The van der Waals surface area contributed by atoms with Crippen LogP contribution in [-0.4, -0.2) is 6.04 Å². The highest BCUT2D eigenvalue weighted by atomic mass is 19.1. The molecule has 1 aromatic carbocycles. The number of hydrogen-bond donors (Lipinski definition) is 1. The van der Waals surface area contributed by atoms with Gasteiger partial charge in [0.05, 0.1) is 0 Å². The molecule has 1 N–H and O–H groups in total. The predicted octanol–water partition coefficient (Wildman–Crippen LogP) is 2.88. The second-order valence-corrected chi connectivity index (χ2v) is 3.84. The van der Waals surface area contributed by atoms with Crippen LogP contribution in [0.2, 0.25) is 0 Å². The standard InChI is InChI=1S/C11H14FN/c1-7-5-10(12)6-9-4-3-8(2)13-11(7)9/h5-6,8,13H,3-4H2,1-2H3. The molecule has 0 radical (unpaired) electrons. The quantitative estimate of drug-likeness (QED) is 0.645. The van der Waals surface area contributed by atoms with Crippen LogP contribution in [0.15, 0.2) is 12.1 Å². The summed E-state index contributed by atoms with van der Waals surface area (Å²) in [5.74, 6) is -0.118. The molecule has 13 heavy (non-hydrogen) atoms. The van der Waals surface area contributed by atoms with Crippen LogP contribution in [0, 0.1) is 12.7 Å². The van der Waals surface area contributed by atoms with Crippen LogP contribution in [0.3, 0.4) is 0 Å². The molecule has 0 bridgehead atoms. The Morgan fingerprint density at radius 3 is 3.00 bits per heavy atom. The molecule has 1 unspecified atom stereocenters. The summed E-state index contributed by atoms with van der Waals surface area (Å²) in [6, 6.07) is 3.74. The highest BCUT2D eigenvalue weighted by Gasteiger charge is 2.16. The van der Waals surface area contributed by atoms with Gasteiger partial charge in [0.25, 0.3) is 0 Å². The number of rotatable bonds is 0. The van der Waals surface area contributed by atoms with Gasteiger partial charge < -0.3 is 5.32 Å². The van der Waals surface area contributed by atoms with Crippen LogP contribution < -0.4 is 5.32 Å². The maximum Gasteiger partial charge on any atom is 0.123 e. The third kappa shape index (κ3) is 1.53. The van der Waals surface area contributed by atoms with Gasteiger partial charge >= 0.3 is 0 Å². The van der Waals surface area contributed by atoms with E-state index < -0.39 is 0 Å². The molecular weight excluding hydrogens is 165 g/mol. The molecule has 0 spiro atoms. The molecule has 1 nitrogen and oxygen atoms in total. The van der Waals surface area contributed by atoms with E-state index in [0.29, 0.717) is 6.04 Å². The van der Waals surface area contributed by atoms with Crippen molar-refractivity contribution in [1.82, 2.24) is 0 Å². The van der Waals surface area contributed by atoms with E-state index in [2.05, 4.69) is 12.2 Å². The summed E-state index contributed by atoms with van der Waals surface area (Å²) >= 11 is 0. The number of halogens is 1. The van der Waals surface area contributed by atoms with Crippen LogP contribution in [0.5, 0.6) is 0 Å². The van der Waals surface area contributed by atoms with Crippen LogP contribution >= 0.6 is 0 Å². The predicted molar refractivity (Wildman–Crippen MR) is 52.5 cm³/mol. The number of hydrogen-bond acceptors (Lipinski definition) is 1. The molecule has 0 fully saturated rings. The lowest BCUT2D eigenvalue weighted by Gasteiger charge is -2.25. The second-order valence-electron chi connectivity index (χ2n) is 3.84. The molecule has 1 aliphatic rings. The number of aryl methyl sites for hydroxylation is 2. The molecule has 2 heteroatoms. The van der Waals surface area contributed by atoms with Crippen LogP contribution in [0.4, 0.5) is 10.1 Å². The zero-order valence-corrected chi connectivity index (χ0v) is 8.02. The van der Waals surface area contributed by atoms with Gasteiger partial charge in [0.2, 0.25) is 0 Å². The van der Waals surface area contributed by atoms with Gasteiger partial charge in [-0.1, -0.05) is 0 Å². The van der Waals surface area contributed by atoms with E-state index in [1.807, 2.05) is 6.92 Å². The first-order chi connectivity index (χ1) is 6.16. The van der Waals surface area contributed by atoms with E-state index >= 15 is 0 Å². The van der Waals surface area contributed by atoms with Crippen molar-refractivity contribution in [3.8, 4) is 0 Å². The first-order valence-corrected chi connectivity index (χ1v) is 4.72. The zero-order chi connectivity index (χ0) is 9.42. The molecule has 0 aliphatic carbocycles. The van der Waals surface area contributed by atoms with Gasteiger partial charge in [0, 0.05) is 11.7 Å². The van der Waals surface area contributed by atoms with E-state index in [1.165, 1.54) is 0 Å². The first kappa shape index (κ1) is 8.54. The molecule has 1 aliphatic heterocycles. The average molecular weight is 179 g/mol. The third-order valence-corrected chi connectivity index (χ3v) is 2.62. The molecule has 0 saturated carbocycles. The van der Waals surface area contributed by atoms with Crippen molar-refractivity contribution in [2.75, 3.05) is 5.32 Å². The van der Waals surface area contributed by atoms with Crippen molar-refractivity contribution in [3.63, 3.8) is 0 Å². The normalized spacial score (nSPS) is 20.7. The lowest BCUT2D eigenvalue weighted by molar-refractivity contribution is 0.616. The van der Waals surface area contributed by atoms with Gasteiger partial charge in [0.15, 0.2) is 0 Å². The lowest BCUT2D eigenvalue weighted by atomic mass is 9.96. The Kier molecular flexibility index (Phi) is 1.98. The Balaban J connectivity index is 2.47. The van der Waals surface area contributed by atoms with E-state index in [9.17, 15) is 4.39 Å². The minimum Gasteiger partial charge on any atom is -0.382 e. The number of benzene rings is 1. The molecule has 1 heterocycles. The Morgan fingerprint density at radius 2 is 2.23 bits per heavy atom. The number of nitrogens with one attached hydrogen (secondary N) is 1. The fraction of sp³-hybridized carbons (Fsp3) is 0.455. The van der Waals surface area contributed by atoms with E-state index in [0.717, 1.165) is 29.7 Å². The first-order valence-electron chi connectivity index (χ1n) is 4.72. The number of fused-ring (bicyclic) bond motifs is 1. The van der Waals surface area contributed by atoms with E-state index in [1.54, 1.807) is 12.1 Å². The molecule has 1 atom stereocenters. The summed E-state index contributed by atoms with van der Waals surface area (Å²) in [5, 5.41) is 3.39. The molecule has 1 aromatic rings. The van der Waals surface area contributed by atoms with E-state index in [-0.39, 0.29) is 5.82 Å². The monoisotopic (exact) mass is 179 g/mol. The van der Waals surface area contributed by atoms with Gasteiger partial charge in [0.1, 0.15) is 5.82 Å². The zero-order valence-electron chi connectivity index (χ0n) is 8.02. The van der Waals surface area contributed by atoms with Gasteiger partial charge in [-0.15, -0.1) is 0 Å². The van der Waals surface area contributed by atoms with Crippen molar-refractivity contribution in [2.45, 2.75) is 32.7 Å². The third-order valence-electron chi connectivity index (χ3n) is 2.62. The Morgan fingerprint density at radius 1 is 1.46 bits per heavy atom. The smallest absolute Gasteiger partial charge is 0.123 e. The Labute approximate surface area is 78.0 Å². The summed E-state index contributed by atoms with van der Waals surface area (Å²) in [6.45, 7) is 4.11. The highest BCUT2D eigenvalue weighted by Crippen LogP contribution is 2.28. The molecule has 2 rings (SSSR count). The molecule has 70 valence electrons. The number of anilines is 1.